The highest BCUT2D eigenvalue weighted by atomic mass is 32.2. The summed E-state index contributed by atoms with van der Waals surface area (Å²) in [5.74, 6) is -1.57. The fourth-order valence-corrected chi connectivity index (χ4v) is 4.47. The molecule has 1 unspecified atom stereocenters. The highest BCUT2D eigenvalue weighted by Crippen LogP contribution is 2.17. The van der Waals surface area contributed by atoms with E-state index in [1.807, 2.05) is 0 Å². The average Bonchev–Trinajstić information content (AvgIpc) is 2.67. The monoisotopic (exact) mass is 331 g/mol. The van der Waals surface area contributed by atoms with Gasteiger partial charge >= 0.3 is 5.97 Å². The molecule has 9 heteroatoms. The van der Waals surface area contributed by atoms with Crippen LogP contribution in [-0.4, -0.2) is 39.7 Å². The van der Waals surface area contributed by atoms with Crippen molar-refractivity contribution >= 4 is 25.8 Å². The Bertz CT molecular complexity index is 823. The maximum Gasteiger partial charge on any atom is 0.335 e. The maximum absolute atomic E-state index is 12.2. The molecule has 114 valence electrons. The van der Waals surface area contributed by atoms with Gasteiger partial charge in [-0.25, -0.2) is 26.4 Å². The molecule has 1 atom stereocenters. The highest BCUT2D eigenvalue weighted by molar-refractivity contribution is 7.94. The first kappa shape index (κ1) is 15.7. The fraction of sp³-hybridized carbons (Fsp3) is 0.250. The van der Waals surface area contributed by atoms with E-state index in [2.05, 4.69) is 4.72 Å². The minimum Gasteiger partial charge on any atom is -0.478 e. The van der Waals surface area contributed by atoms with Crippen molar-refractivity contribution < 1.29 is 26.7 Å². The van der Waals surface area contributed by atoms with Gasteiger partial charge in [-0.3, -0.25) is 0 Å². The topological polar surface area (TPSA) is 118 Å². The van der Waals surface area contributed by atoms with E-state index in [0.717, 1.165) is 11.5 Å². The van der Waals surface area contributed by atoms with E-state index in [4.69, 9.17) is 5.11 Å². The third kappa shape index (κ3) is 3.49. The summed E-state index contributed by atoms with van der Waals surface area (Å²) in [6.45, 7) is 1.56. The van der Waals surface area contributed by atoms with Gasteiger partial charge in [0, 0.05) is 5.41 Å². The Morgan fingerprint density at radius 1 is 1.38 bits per heavy atom. The second kappa shape index (κ2) is 5.24. The SMILES string of the molecule is Cc1ccc(S(=O)(=O)NC2C=CS(=O)(=O)C2)cc1C(=O)O. The molecule has 21 heavy (non-hydrogen) atoms. The highest BCUT2D eigenvalue weighted by Gasteiger charge is 2.27. The lowest BCUT2D eigenvalue weighted by molar-refractivity contribution is 0.0696. The smallest absolute Gasteiger partial charge is 0.335 e. The van der Waals surface area contributed by atoms with Gasteiger partial charge < -0.3 is 5.11 Å². The van der Waals surface area contributed by atoms with Crippen molar-refractivity contribution in [3.63, 3.8) is 0 Å². The van der Waals surface area contributed by atoms with Gasteiger partial charge in [-0.1, -0.05) is 12.1 Å². The fourth-order valence-electron chi connectivity index (χ4n) is 1.92. The lowest BCUT2D eigenvalue weighted by Gasteiger charge is -2.12. The number of sulfone groups is 1. The van der Waals surface area contributed by atoms with Gasteiger partial charge in [0.05, 0.1) is 22.3 Å². The van der Waals surface area contributed by atoms with E-state index >= 15 is 0 Å². The van der Waals surface area contributed by atoms with Gasteiger partial charge in [-0.15, -0.1) is 0 Å². The summed E-state index contributed by atoms with van der Waals surface area (Å²) in [4.78, 5) is 10.8. The molecule has 0 aromatic heterocycles. The molecule has 0 spiro atoms. The van der Waals surface area contributed by atoms with Gasteiger partial charge in [0.15, 0.2) is 9.84 Å². The van der Waals surface area contributed by atoms with Gasteiger partial charge in [0.25, 0.3) is 0 Å². The molecule has 0 amide bonds. The Morgan fingerprint density at radius 3 is 2.57 bits per heavy atom. The molecule has 0 fully saturated rings. The van der Waals surface area contributed by atoms with Crippen LogP contribution >= 0.6 is 0 Å². The van der Waals surface area contributed by atoms with Gasteiger partial charge in [0.2, 0.25) is 10.0 Å². The quantitative estimate of drug-likeness (QED) is 0.818. The van der Waals surface area contributed by atoms with Crippen molar-refractivity contribution in [3.05, 3.63) is 40.8 Å². The van der Waals surface area contributed by atoms with Crippen LogP contribution in [0.2, 0.25) is 0 Å². The first-order valence-electron chi connectivity index (χ1n) is 5.88. The number of carboxylic acids is 1. The van der Waals surface area contributed by atoms with Crippen LogP contribution in [0.5, 0.6) is 0 Å². The number of carbonyl (C=O) groups is 1. The van der Waals surface area contributed by atoms with Crippen molar-refractivity contribution in [2.75, 3.05) is 5.75 Å². The van der Waals surface area contributed by atoms with Crippen molar-refractivity contribution in [1.29, 1.82) is 0 Å². The first-order valence-corrected chi connectivity index (χ1v) is 9.08. The van der Waals surface area contributed by atoms with Gasteiger partial charge in [-0.05, 0) is 24.6 Å². The van der Waals surface area contributed by atoms with Crippen molar-refractivity contribution in [2.24, 2.45) is 0 Å². The average molecular weight is 331 g/mol. The number of carboxylic acid groups (broad SMARTS) is 1. The number of hydrogen-bond donors (Lipinski definition) is 2. The number of aromatic carboxylic acids is 1. The molecular weight excluding hydrogens is 318 g/mol. The molecule has 1 heterocycles. The van der Waals surface area contributed by atoms with Crippen molar-refractivity contribution in [2.45, 2.75) is 17.9 Å². The molecular formula is C12H13NO6S2. The number of aryl methyl sites for hydroxylation is 1. The molecule has 1 aromatic carbocycles. The summed E-state index contributed by atoms with van der Waals surface area (Å²) in [5.41, 5.74) is 0.317. The Hall–Kier alpha value is -1.71. The third-order valence-electron chi connectivity index (χ3n) is 2.99. The standard InChI is InChI=1S/C12H13NO6S2/c1-8-2-3-10(6-11(8)12(14)15)21(18,19)13-9-4-5-20(16,17)7-9/h2-6,9,13H,7H2,1H3,(H,14,15). The van der Waals surface area contributed by atoms with Crippen molar-refractivity contribution in [1.82, 2.24) is 4.72 Å². The van der Waals surface area contributed by atoms with Crippen LogP contribution in [-0.2, 0) is 19.9 Å². The summed E-state index contributed by atoms with van der Waals surface area (Å²) in [6.07, 6.45) is 1.25. The molecule has 0 saturated carbocycles. The molecule has 2 N–H and O–H groups in total. The summed E-state index contributed by atoms with van der Waals surface area (Å²) in [5, 5.41) is 9.96. The number of sulfonamides is 1. The Morgan fingerprint density at radius 2 is 2.05 bits per heavy atom. The third-order valence-corrected chi connectivity index (χ3v) is 5.87. The molecule has 1 aliphatic rings. The lowest BCUT2D eigenvalue weighted by Crippen LogP contribution is -2.35. The van der Waals surface area contributed by atoms with Gasteiger partial charge in [0.1, 0.15) is 0 Å². The summed E-state index contributed by atoms with van der Waals surface area (Å²) >= 11 is 0. The predicted octanol–water partition coefficient (Wildman–Crippen LogP) is 0.282. The van der Waals surface area contributed by atoms with Gasteiger partial charge in [-0.2, -0.15) is 0 Å². The minimum atomic E-state index is -4.00. The summed E-state index contributed by atoms with van der Waals surface area (Å²) < 4.78 is 49.0. The number of hydrogen-bond acceptors (Lipinski definition) is 5. The van der Waals surface area contributed by atoms with E-state index in [-0.39, 0.29) is 16.2 Å². The maximum atomic E-state index is 12.2. The normalized spacial score (nSPS) is 20.5. The predicted molar refractivity (Wildman–Crippen MR) is 75.2 cm³/mol. The molecule has 2 rings (SSSR count). The number of nitrogens with one attached hydrogen (secondary N) is 1. The van der Waals surface area contributed by atoms with E-state index in [0.29, 0.717) is 5.56 Å². The number of benzene rings is 1. The zero-order chi connectivity index (χ0) is 15.8. The molecule has 0 aliphatic carbocycles. The Balaban J connectivity index is 2.31. The molecule has 1 aromatic rings. The second-order valence-electron chi connectivity index (χ2n) is 4.67. The summed E-state index contributed by atoms with van der Waals surface area (Å²) in [6, 6.07) is 2.86. The Labute approximate surface area is 122 Å². The molecule has 0 saturated heterocycles. The van der Waals surface area contributed by atoms with Crippen LogP contribution in [0, 0.1) is 6.92 Å². The van der Waals surface area contributed by atoms with Crippen LogP contribution in [0.4, 0.5) is 0 Å². The van der Waals surface area contributed by atoms with Crippen LogP contribution in [0.15, 0.2) is 34.6 Å². The van der Waals surface area contributed by atoms with E-state index in [1.54, 1.807) is 6.92 Å². The van der Waals surface area contributed by atoms with E-state index in [9.17, 15) is 21.6 Å². The Kier molecular flexibility index (Phi) is 3.91. The molecule has 0 bridgehead atoms. The lowest BCUT2D eigenvalue weighted by atomic mass is 10.1. The van der Waals surface area contributed by atoms with Crippen LogP contribution in [0.25, 0.3) is 0 Å². The first-order chi connectivity index (χ1) is 9.61. The van der Waals surface area contributed by atoms with Crippen molar-refractivity contribution in [3.8, 4) is 0 Å². The van der Waals surface area contributed by atoms with Crippen LogP contribution in [0.1, 0.15) is 15.9 Å². The van der Waals surface area contributed by atoms with E-state index in [1.165, 1.54) is 18.2 Å². The zero-order valence-electron chi connectivity index (χ0n) is 11.0. The van der Waals surface area contributed by atoms with Crippen LogP contribution < -0.4 is 4.72 Å². The minimum absolute atomic E-state index is 0.118. The molecule has 0 radical (unpaired) electrons. The second-order valence-corrected chi connectivity index (χ2v) is 8.31. The van der Waals surface area contributed by atoms with Crippen LogP contribution in [0.3, 0.4) is 0 Å². The molecule has 1 aliphatic heterocycles. The van der Waals surface area contributed by atoms with E-state index < -0.39 is 31.9 Å². The largest absolute Gasteiger partial charge is 0.478 e. The summed E-state index contributed by atoms with van der Waals surface area (Å²) in [7, 11) is -7.38. The number of rotatable bonds is 4. The zero-order valence-corrected chi connectivity index (χ0v) is 12.6. The molecule has 7 nitrogen and oxygen atoms in total.